The van der Waals surface area contributed by atoms with Crippen molar-refractivity contribution in [2.45, 2.75) is 70.0 Å². The molecule has 33 heavy (non-hydrogen) atoms. The van der Waals surface area contributed by atoms with Gasteiger partial charge in [-0.3, -0.25) is 9.48 Å². The van der Waals surface area contributed by atoms with E-state index >= 15 is 0 Å². The second-order valence-corrected chi connectivity index (χ2v) is 9.11. The molecule has 2 atom stereocenters. The molecule has 3 aromatic rings. The molecule has 2 heterocycles. The Morgan fingerprint density at radius 3 is 2.67 bits per heavy atom. The number of rotatable bonds is 7. The van der Waals surface area contributed by atoms with Gasteiger partial charge in [-0.25, -0.2) is 9.37 Å². The average molecular weight is 452 g/mol. The first kappa shape index (κ1) is 21.6. The van der Waals surface area contributed by atoms with E-state index in [2.05, 4.69) is 22.5 Å². The third-order valence-electron chi connectivity index (χ3n) is 6.69. The van der Waals surface area contributed by atoms with Crippen molar-refractivity contribution in [3.05, 3.63) is 41.3 Å². The van der Waals surface area contributed by atoms with Crippen LogP contribution in [0.5, 0.6) is 0 Å². The summed E-state index contributed by atoms with van der Waals surface area (Å²) in [6.07, 6.45) is 6.15. The number of amides is 1. The maximum absolute atomic E-state index is 14.8. The first-order valence-corrected chi connectivity index (χ1v) is 11.7. The molecule has 0 bridgehead atoms. The molecule has 2 saturated carbocycles. The summed E-state index contributed by atoms with van der Waals surface area (Å²) in [6, 6.07) is 6.94. The second-order valence-electron chi connectivity index (χ2n) is 9.11. The highest BCUT2D eigenvalue weighted by atomic mass is 19.1. The number of carbonyl (C=O) groups excluding carboxylic acids is 1. The predicted octanol–water partition coefficient (Wildman–Crippen LogP) is 3.99. The SMILES string of the molecule is CCn1nc(C2CC2)c2cc(Nc3nc(N[C@@H]4CCCC[C@@H]4N)c(F)cc3C(N)=O)ccc21. The number of primary amides is 1. The van der Waals surface area contributed by atoms with Gasteiger partial charge in [-0.05, 0) is 56.9 Å². The molecule has 2 aromatic heterocycles. The monoisotopic (exact) mass is 451 g/mol. The van der Waals surface area contributed by atoms with E-state index < -0.39 is 11.7 Å². The Balaban J connectivity index is 1.49. The first-order chi connectivity index (χ1) is 15.9. The Bertz CT molecular complexity index is 1200. The van der Waals surface area contributed by atoms with E-state index in [1.165, 1.54) is 0 Å². The normalized spacial score (nSPS) is 20.7. The fourth-order valence-corrected chi connectivity index (χ4v) is 4.71. The van der Waals surface area contributed by atoms with Gasteiger partial charge < -0.3 is 22.1 Å². The number of halogens is 1. The molecule has 1 aromatic carbocycles. The summed E-state index contributed by atoms with van der Waals surface area (Å²) in [5.74, 6) is -0.586. The van der Waals surface area contributed by atoms with Gasteiger partial charge in [-0.15, -0.1) is 0 Å². The lowest BCUT2D eigenvalue weighted by Crippen LogP contribution is -2.43. The molecule has 2 fully saturated rings. The molecule has 2 aliphatic carbocycles. The summed E-state index contributed by atoms with van der Waals surface area (Å²) in [6.45, 7) is 2.86. The smallest absolute Gasteiger partial charge is 0.252 e. The molecule has 5 rings (SSSR count). The van der Waals surface area contributed by atoms with E-state index in [0.29, 0.717) is 5.92 Å². The van der Waals surface area contributed by atoms with Crippen molar-refractivity contribution in [3.63, 3.8) is 0 Å². The summed E-state index contributed by atoms with van der Waals surface area (Å²) in [7, 11) is 0. The number of nitrogens with zero attached hydrogens (tertiary/aromatic N) is 3. The van der Waals surface area contributed by atoms with Crippen LogP contribution in [0.15, 0.2) is 24.3 Å². The highest BCUT2D eigenvalue weighted by Gasteiger charge is 2.29. The highest BCUT2D eigenvalue weighted by Crippen LogP contribution is 2.43. The summed E-state index contributed by atoms with van der Waals surface area (Å²) < 4.78 is 16.8. The predicted molar refractivity (Wildman–Crippen MR) is 127 cm³/mol. The van der Waals surface area contributed by atoms with Gasteiger partial charge in [-0.2, -0.15) is 5.10 Å². The Morgan fingerprint density at radius 2 is 1.97 bits per heavy atom. The summed E-state index contributed by atoms with van der Waals surface area (Å²) in [5, 5.41) is 12.2. The average Bonchev–Trinajstić information content (AvgIpc) is 3.58. The largest absolute Gasteiger partial charge is 0.365 e. The lowest BCUT2D eigenvalue weighted by molar-refractivity contribution is 0.100. The van der Waals surface area contributed by atoms with Crippen molar-refractivity contribution < 1.29 is 9.18 Å². The van der Waals surface area contributed by atoms with Crippen molar-refractivity contribution in [1.29, 1.82) is 0 Å². The minimum absolute atomic E-state index is 0.00207. The standard InChI is InChI=1S/C24H30FN7O/c1-2-32-20-10-9-14(11-15(20)21(31-32)13-7-8-13)28-23-16(22(27)33)12-17(25)24(30-23)29-19-6-4-3-5-18(19)26/h9-13,18-19H,2-8,26H2,1H3,(H2,27,33)(H2,28,29,30)/t18-,19+/m0/s1. The molecule has 0 aliphatic heterocycles. The molecule has 1 amide bonds. The Kier molecular flexibility index (Phi) is 5.65. The number of pyridine rings is 1. The minimum atomic E-state index is -0.747. The van der Waals surface area contributed by atoms with Crippen LogP contribution in [-0.2, 0) is 6.54 Å². The molecule has 0 radical (unpaired) electrons. The van der Waals surface area contributed by atoms with Crippen LogP contribution in [0.2, 0.25) is 0 Å². The number of aromatic nitrogens is 3. The number of carbonyl (C=O) groups is 1. The number of hydrogen-bond donors (Lipinski definition) is 4. The van der Waals surface area contributed by atoms with Crippen LogP contribution in [0.25, 0.3) is 10.9 Å². The lowest BCUT2D eigenvalue weighted by atomic mass is 9.91. The van der Waals surface area contributed by atoms with Crippen molar-refractivity contribution in [3.8, 4) is 0 Å². The molecule has 0 spiro atoms. The molecule has 8 nitrogen and oxygen atoms in total. The topological polar surface area (TPSA) is 124 Å². The van der Waals surface area contributed by atoms with Crippen LogP contribution in [0.3, 0.4) is 0 Å². The number of hydrogen-bond acceptors (Lipinski definition) is 6. The number of fused-ring (bicyclic) bond motifs is 1. The minimum Gasteiger partial charge on any atom is -0.365 e. The molecule has 6 N–H and O–H groups in total. The number of anilines is 3. The van der Waals surface area contributed by atoms with Crippen molar-refractivity contribution in [1.82, 2.24) is 14.8 Å². The van der Waals surface area contributed by atoms with E-state index in [1.807, 2.05) is 22.9 Å². The Morgan fingerprint density at radius 1 is 1.18 bits per heavy atom. The Hall–Kier alpha value is -3.20. The zero-order valence-electron chi connectivity index (χ0n) is 18.8. The number of nitrogens with one attached hydrogen (secondary N) is 2. The fraction of sp³-hybridized carbons (Fsp3) is 0.458. The van der Waals surface area contributed by atoms with Gasteiger partial charge in [0.05, 0.1) is 16.8 Å². The van der Waals surface area contributed by atoms with E-state index in [1.54, 1.807) is 0 Å². The summed E-state index contributed by atoms with van der Waals surface area (Å²) >= 11 is 0. The van der Waals surface area contributed by atoms with Gasteiger partial charge >= 0.3 is 0 Å². The van der Waals surface area contributed by atoms with Crippen LogP contribution in [-0.4, -0.2) is 32.8 Å². The van der Waals surface area contributed by atoms with Gasteiger partial charge in [-0.1, -0.05) is 12.8 Å². The third-order valence-corrected chi connectivity index (χ3v) is 6.69. The summed E-state index contributed by atoms with van der Waals surface area (Å²) in [5.41, 5.74) is 14.7. The van der Waals surface area contributed by atoms with Crippen molar-refractivity contribution in [2.75, 3.05) is 10.6 Å². The van der Waals surface area contributed by atoms with Gasteiger partial charge in [0.25, 0.3) is 5.91 Å². The zero-order valence-corrected chi connectivity index (χ0v) is 18.8. The Labute approximate surface area is 191 Å². The number of nitrogens with two attached hydrogens (primary N) is 2. The second kappa shape index (κ2) is 8.62. The van der Waals surface area contributed by atoms with Gasteiger partial charge in [0.2, 0.25) is 0 Å². The van der Waals surface area contributed by atoms with Gasteiger partial charge in [0.1, 0.15) is 5.82 Å². The highest BCUT2D eigenvalue weighted by molar-refractivity contribution is 5.99. The molecular weight excluding hydrogens is 421 g/mol. The van der Waals surface area contributed by atoms with Crippen molar-refractivity contribution in [2.24, 2.45) is 11.5 Å². The van der Waals surface area contributed by atoms with Crippen LogP contribution < -0.4 is 22.1 Å². The van der Waals surface area contributed by atoms with E-state index in [4.69, 9.17) is 16.6 Å². The van der Waals surface area contributed by atoms with Gasteiger partial charge in [0, 0.05) is 35.6 Å². The molecule has 174 valence electrons. The van der Waals surface area contributed by atoms with E-state index in [-0.39, 0.29) is 29.3 Å². The third kappa shape index (κ3) is 4.25. The maximum atomic E-state index is 14.8. The van der Waals surface area contributed by atoms with E-state index in [9.17, 15) is 9.18 Å². The molecule has 0 unspecified atom stereocenters. The quantitative estimate of drug-likeness (QED) is 0.431. The zero-order chi connectivity index (χ0) is 23.1. The maximum Gasteiger partial charge on any atom is 0.252 e. The summed E-state index contributed by atoms with van der Waals surface area (Å²) in [4.78, 5) is 16.5. The van der Waals surface area contributed by atoms with Crippen LogP contribution >= 0.6 is 0 Å². The molecular formula is C24H30FN7O. The van der Waals surface area contributed by atoms with E-state index in [0.717, 1.165) is 73.4 Å². The van der Waals surface area contributed by atoms with Crippen LogP contribution in [0.4, 0.5) is 21.7 Å². The fourth-order valence-electron chi connectivity index (χ4n) is 4.71. The molecule has 9 heteroatoms. The first-order valence-electron chi connectivity index (χ1n) is 11.7. The molecule has 0 saturated heterocycles. The molecule has 2 aliphatic rings. The van der Waals surface area contributed by atoms with Gasteiger partial charge in [0.15, 0.2) is 11.6 Å². The van der Waals surface area contributed by atoms with Crippen LogP contribution in [0.1, 0.15) is 67.4 Å². The lowest BCUT2D eigenvalue weighted by Gasteiger charge is -2.30. The number of benzene rings is 1. The van der Waals surface area contributed by atoms with Crippen molar-refractivity contribution >= 4 is 34.1 Å². The van der Waals surface area contributed by atoms with Crippen LogP contribution in [0, 0.1) is 5.82 Å². The number of aryl methyl sites for hydroxylation is 1.